The summed E-state index contributed by atoms with van der Waals surface area (Å²) >= 11 is 0. The second kappa shape index (κ2) is 4.97. The van der Waals surface area contributed by atoms with E-state index < -0.39 is 0 Å². The van der Waals surface area contributed by atoms with E-state index in [0.29, 0.717) is 0 Å². The number of rotatable bonds is 1. The van der Waals surface area contributed by atoms with Crippen LogP contribution >= 0.6 is 0 Å². The Labute approximate surface area is 104 Å². The van der Waals surface area contributed by atoms with E-state index in [1.165, 1.54) is 38.5 Å². The number of nitrogens with zero attached hydrogens (tertiary/aromatic N) is 2. The first-order valence-electron chi connectivity index (χ1n) is 7.29. The Morgan fingerprint density at radius 1 is 1.00 bits per heavy atom. The Morgan fingerprint density at radius 2 is 1.65 bits per heavy atom. The van der Waals surface area contributed by atoms with Crippen molar-refractivity contribution >= 4 is 5.71 Å². The highest BCUT2D eigenvalue weighted by Crippen LogP contribution is 2.41. The van der Waals surface area contributed by atoms with Gasteiger partial charge in [0.15, 0.2) is 0 Å². The molecule has 0 aromatic carbocycles. The summed E-state index contributed by atoms with van der Waals surface area (Å²) < 4.78 is 0. The first-order chi connectivity index (χ1) is 8.35. The molecule has 2 aliphatic carbocycles. The van der Waals surface area contributed by atoms with Crippen LogP contribution in [-0.4, -0.2) is 35.0 Å². The van der Waals surface area contributed by atoms with Gasteiger partial charge < -0.3 is 5.21 Å². The predicted octanol–water partition coefficient (Wildman–Crippen LogP) is 2.88. The molecule has 1 N–H and O–H groups in total. The Bertz CT molecular complexity index is 281. The minimum Gasteiger partial charge on any atom is -0.411 e. The van der Waals surface area contributed by atoms with Crippen molar-refractivity contribution in [2.75, 3.05) is 13.1 Å². The molecule has 0 spiro atoms. The molecule has 0 aromatic rings. The zero-order valence-electron chi connectivity index (χ0n) is 10.6. The van der Waals surface area contributed by atoms with Gasteiger partial charge in [0.1, 0.15) is 0 Å². The maximum absolute atomic E-state index is 8.79. The van der Waals surface area contributed by atoms with Crippen LogP contribution in [0.15, 0.2) is 5.16 Å². The van der Waals surface area contributed by atoms with Crippen molar-refractivity contribution in [2.24, 2.45) is 17.0 Å². The van der Waals surface area contributed by atoms with Crippen LogP contribution < -0.4 is 0 Å². The Kier molecular flexibility index (Phi) is 3.37. The van der Waals surface area contributed by atoms with Gasteiger partial charge in [-0.2, -0.15) is 0 Å². The van der Waals surface area contributed by atoms with E-state index in [0.717, 1.165) is 49.5 Å². The van der Waals surface area contributed by atoms with Gasteiger partial charge in [-0.3, -0.25) is 4.90 Å². The monoisotopic (exact) mass is 236 g/mol. The molecule has 3 fully saturated rings. The van der Waals surface area contributed by atoms with Crippen molar-refractivity contribution in [3.05, 3.63) is 0 Å². The fourth-order valence-electron chi connectivity index (χ4n) is 4.24. The quantitative estimate of drug-likeness (QED) is 0.561. The molecule has 1 heterocycles. The van der Waals surface area contributed by atoms with Gasteiger partial charge in [-0.05, 0) is 31.1 Å². The largest absolute Gasteiger partial charge is 0.411 e. The van der Waals surface area contributed by atoms with Crippen LogP contribution in [0.5, 0.6) is 0 Å². The summed E-state index contributed by atoms with van der Waals surface area (Å²) in [6.45, 7) is 2.23. The molecule has 17 heavy (non-hydrogen) atoms. The number of oxime groups is 1. The van der Waals surface area contributed by atoms with Crippen LogP contribution in [-0.2, 0) is 0 Å². The lowest BCUT2D eigenvalue weighted by atomic mass is 9.70. The lowest BCUT2D eigenvalue weighted by Gasteiger charge is -2.44. The van der Waals surface area contributed by atoms with Gasteiger partial charge in [-0.1, -0.05) is 24.4 Å². The average Bonchev–Trinajstić information content (AvgIpc) is 2.38. The van der Waals surface area contributed by atoms with Gasteiger partial charge in [-0.25, -0.2) is 0 Å². The highest BCUT2D eigenvalue weighted by molar-refractivity contribution is 5.84. The van der Waals surface area contributed by atoms with Crippen LogP contribution in [0.2, 0.25) is 0 Å². The minimum absolute atomic E-state index is 0.833. The van der Waals surface area contributed by atoms with Gasteiger partial charge in [0.2, 0.25) is 0 Å². The fraction of sp³-hybridized carbons (Fsp3) is 0.929. The lowest BCUT2D eigenvalue weighted by Crippen LogP contribution is -2.46. The Hall–Kier alpha value is -0.570. The van der Waals surface area contributed by atoms with Crippen molar-refractivity contribution in [1.82, 2.24) is 4.90 Å². The SMILES string of the molecule is ON=C1CCN(C2C[C@H]3CCC[C@@H](C2)C3)CC1. The topological polar surface area (TPSA) is 35.8 Å². The highest BCUT2D eigenvalue weighted by Gasteiger charge is 2.35. The van der Waals surface area contributed by atoms with E-state index in [9.17, 15) is 0 Å². The molecule has 3 aliphatic rings. The molecule has 0 radical (unpaired) electrons. The van der Waals surface area contributed by atoms with E-state index in [1.54, 1.807) is 0 Å². The maximum atomic E-state index is 8.79. The molecule has 96 valence electrons. The molecular formula is C14H24N2O. The molecule has 2 bridgehead atoms. The van der Waals surface area contributed by atoms with E-state index in [4.69, 9.17) is 5.21 Å². The number of hydrogen-bond acceptors (Lipinski definition) is 3. The zero-order valence-corrected chi connectivity index (χ0v) is 10.6. The molecule has 0 aromatic heterocycles. The third kappa shape index (κ3) is 2.49. The van der Waals surface area contributed by atoms with Crippen LogP contribution in [0.1, 0.15) is 51.4 Å². The number of fused-ring (bicyclic) bond motifs is 2. The minimum atomic E-state index is 0.833. The predicted molar refractivity (Wildman–Crippen MR) is 68.5 cm³/mol. The molecule has 0 amide bonds. The summed E-state index contributed by atoms with van der Waals surface area (Å²) in [5, 5.41) is 12.2. The number of piperidine rings is 1. The van der Waals surface area contributed by atoms with Gasteiger partial charge in [-0.15, -0.1) is 0 Å². The molecular weight excluding hydrogens is 212 g/mol. The van der Waals surface area contributed by atoms with Crippen molar-refractivity contribution in [3.8, 4) is 0 Å². The van der Waals surface area contributed by atoms with E-state index in [1.807, 2.05) is 0 Å². The summed E-state index contributed by atoms with van der Waals surface area (Å²) in [5.41, 5.74) is 0.997. The van der Waals surface area contributed by atoms with Gasteiger partial charge in [0.25, 0.3) is 0 Å². The molecule has 3 heteroatoms. The highest BCUT2D eigenvalue weighted by atomic mass is 16.4. The molecule has 1 aliphatic heterocycles. The molecule has 3 atom stereocenters. The van der Waals surface area contributed by atoms with Crippen LogP contribution in [0.4, 0.5) is 0 Å². The fourth-order valence-corrected chi connectivity index (χ4v) is 4.24. The normalized spacial score (nSPS) is 39.1. The maximum Gasteiger partial charge on any atom is 0.0596 e. The summed E-state index contributed by atoms with van der Waals surface area (Å²) in [4.78, 5) is 2.67. The molecule has 3 rings (SSSR count). The van der Waals surface area contributed by atoms with Gasteiger partial charge in [0, 0.05) is 32.0 Å². The van der Waals surface area contributed by atoms with E-state index >= 15 is 0 Å². The number of likely N-dealkylation sites (tertiary alicyclic amines) is 1. The van der Waals surface area contributed by atoms with Crippen LogP contribution in [0, 0.1) is 11.8 Å². The third-order valence-corrected chi connectivity index (χ3v) is 5.14. The first-order valence-corrected chi connectivity index (χ1v) is 7.29. The Morgan fingerprint density at radius 3 is 2.24 bits per heavy atom. The molecule has 1 saturated heterocycles. The van der Waals surface area contributed by atoms with E-state index in [2.05, 4.69) is 10.1 Å². The third-order valence-electron chi connectivity index (χ3n) is 5.14. The van der Waals surface area contributed by atoms with Crippen LogP contribution in [0.3, 0.4) is 0 Å². The molecule has 3 nitrogen and oxygen atoms in total. The Balaban J connectivity index is 1.58. The van der Waals surface area contributed by atoms with Crippen molar-refractivity contribution < 1.29 is 5.21 Å². The van der Waals surface area contributed by atoms with Crippen molar-refractivity contribution in [2.45, 2.75) is 57.4 Å². The molecule has 2 saturated carbocycles. The smallest absolute Gasteiger partial charge is 0.0596 e. The molecule has 1 unspecified atom stereocenters. The van der Waals surface area contributed by atoms with Gasteiger partial charge >= 0.3 is 0 Å². The second-order valence-corrected chi connectivity index (χ2v) is 6.23. The van der Waals surface area contributed by atoms with E-state index in [-0.39, 0.29) is 0 Å². The van der Waals surface area contributed by atoms with Gasteiger partial charge in [0.05, 0.1) is 5.71 Å². The number of hydrogen-bond donors (Lipinski definition) is 1. The first kappa shape index (κ1) is 11.5. The summed E-state index contributed by atoms with van der Waals surface area (Å²) in [5.74, 6) is 2.03. The second-order valence-electron chi connectivity index (χ2n) is 6.23. The van der Waals surface area contributed by atoms with Crippen molar-refractivity contribution in [3.63, 3.8) is 0 Å². The summed E-state index contributed by atoms with van der Waals surface area (Å²) in [6, 6.07) is 0.833. The zero-order chi connectivity index (χ0) is 11.7. The lowest BCUT2D eigenvalue weighted by molar-refractivity contribution is 0.0715. The summed E-state index contributed by atoms with van der Waals surface area (Å²) in [6.07, 6.45) is 10.8. The average molecular weight is 236 g/mol. The standard InChI is InChI=1S/C14H24N2O/c17-15-13-4-6-16(7-5-13)14-9-11-2-1-3-12(8-11)10-14/h11-12,14,17H,1-10H2/t11-,12+,14?. The van der Waals surface area contributed by atoms with Crippen molar-refractivity contribution in [1.29, 1.82) is 0 Å². The summed E-state index contributed by atoms with van der Waals surface area (Å²) in [7, 11) is 0. The van der Waals surface area contributed by atoms with Crippen LogP contribution in [0.25, 0.3) is 0 Å².